The summed E-state index contributed by atoms with van der Waals surface area (Å²) in [7, 11) is 1.76. The smallest absolute Gasteiger partial charge is 0.319 e. The number of alkyl halides is 3. The van der Waals surface area contributed by atoms with Gasteiger partial charge in [0.2, 0.25) is 0 Å². The second-order valence-corrected chi connectivity index (χ2v) is 4.46. The molecule has 0 radical (unpaired) electrons. The van der Waals surface area contributed by atoms with E-state index < -0.39 is 17.8 Å². The maximum atomic E-state index is 12.6. The van der Waals surface area contributed by atoms with Gasteiger partial charge < -0.3 is 5.73 Å². The van der Waals surface area contributed by atoms with Gasteiger partial charge in [0.25, 0.3) is 0 Å². The molecule has 1 aromatic heterocycles. The molecule has 0 amide bonds. The normalized spacial score (nSPS) is 13.6. The highest BCUT2D eigenvalue weighted by Crippen LogP contribution is 2.32. The number of halogens is 3. The molecule has 2 aromatic rings. The summed E-state index contributed by atoms with van der Waals surface area (Å²) in [5.74, 6) is 0. The van der Waals surface area contributed by atoms with Crippen LogP contribution >= 0.6 is 0 Å². The van der Waals surface area contributed by atoms with Crippen molar-refractivity contribution in [2.75, 3.05) is 0 Å². The first-order chi connectivity index (χ1) is 8.79. The summed E-state index contributed by atoms with van der Waals surface area (Å²) >= 11 is 0. The molecule has 1 atom stereocenters. The number of rotatable bonds is 2. The quantitative estimate of drug-likeness (QED) is 0.911. The second kappa shape index (κ2) is 4.70. The van der Waals surface area contributed by atoms with Crippen molar-refractivity contribution in [3.8, 4) is 0 Å². The fourth-order valence-corrected chi connectivity index (χ4v) is 1.96. The van der Waals surface area contributed by atoms with Gasteiger partial charge in [-0.05, 0) is 36.2 Å². The minimum absolute atomic E-state index is 0.507. The highest BCUT2D eigenvalue weighted by atomic mass is 19.4. The van der Waals surface area contributed by atoms with E-state index in [1.165, 1.54) is 6.07 Å². The Labute approximate surface area is 108 Å². The standard InChI is InChI=1S/C13H14F3N3/c1-8-7-9(13(14,15)16)3-4-10(8)12(17)11-5-6-19(2)18-11/h3-7,12H,17H2,1-2H3. The van der Waals surface area contributed by atoms with Crippen LogP contribution < -0.4 is 5.73 Å². The molecule has 1 heterocycles. The van der Waals surface area contributed by atoms with E-state index in [4.69, 9.17) is 5.73 Å². The van der Waals surface area contributed by atoms with Crippen LogP contribution in [0.5, 0.6) is 0 Å². The zero-order valence-corrected chi connectivity index (χ0v) is 10.6. The lowest BCUT2D eigenvalue weighted by atomic mass is 9.97. The van der Waals surface area contributed by atoms with Crippen LogP contribution in [0.15, 0.2) is 30.5 Å². The van der Waals surface area contributed by atoms with E-state index in [-0.39, 0.29) is 0 Å². The van der Waals surface area contributed by atoms with Gasteiger partial charge in [0.05, 0.1) is 17.3 Å². The van der Waals surface area contributed by atoms with Crippen LogP contribution in [0, 0.1) is 6.92 Å². The zero-order valence-electron chi connectivity index (χ0n) is 10.6. The predicted octanol–water partition coefficient (Wildman–Crippen LogP) is 2.80. The Morgan fingerprint density at radius 3 is 2.42 bits per heavy atom. The van der Waals surface area contributed by atoms with Gasteiger partial charge in [0.1, 0.15) is 0 Å². The zero-order chi connectivity index (χ0) is 14.2. The molecule has 0 saturated carbocycles. The molecule has 1 aromatic carbocycles. The lowest BCUT2D eigenvalue weighted by Crippen LogP contribution is -2.15. The lowest BCUT2D eigenvalue weighted by Gasteiger charge is -2.15. The van der Waals surface area contributed by atoms with Crippen molar-refractivity contribution < 1.29 is 13.2 Å². The first-order valence-electron chi connectivity index (χ1n) is 5.72. The van der Waals surface area contributed by atoms with E-state index in [2.05, 4.69) is 5.10 Å². The van der Waals surface area contributed by atoms with Crippen LogP contribution in [-0.2, 0) is 13.2 Å². The molecule has 1 unspecified atom stereocenters. The topological polar surface area (TPSA) is 43.8 Å². The predicted molar refractivity (Wildman–Crippen MR) is 65.4 cm³/mol. The van der Waals surface area contributed by atoms with Crippen LogP contribution in [-0.4, -0.2) is 9.78 Å². The molecule has 0 aliphatic carbocycles. The van der Waals surface area contributed by atoms with E-state index in [0.29, 0.717) is 16.8 Å². The van der Waals surface area contributed by atoms with Crippen molar-refractivity contribution in [1.82, 2.24) is 9.78 Å². The minimum atomic E-state index is -4.33. The molecule has 0 aliphatic rings. The Morgan fingerprint density at radius 2 is 1.95 bits per heavy atom. The number of aromatic nitrogens is 2. The van der Waals surface area contributed by atoms with Gasteiger partial charge >= 0.3 is 6.18 Å². The van der Waals surface area contributed by atoms with Gasteiger partial charge in [0.15, 0.2) is 0 Å². The molecule has 0 spiro atoms. The van der Waals surface area contributed by atoms with Crippen molar-refractivity contribution >= 4 is 0 Å². The highest BCUT2D eigenvalue weighted by Gasteiger charge is 2.31. The molecule has 3 nitrogen and oxygen atoms in total. The summed E-state index contributed by atoms with van der Waals surface area (Å²) in [4.78, 5) is 0. The minimum Gasteiger partial charge on any atom is -0.319 e. The molecule has 0 saturated heterocycles. The first kappa shape index (κ1) is 13.6. The van der Waals surface area contributed by atoms with Gasteiger partial charge in [0, 0.05) is 13.2 Å². The number of hydrogen-bond acceptors (Lipinski definition) is 2. The van der Waals surface area contributed by atoms with Gasteiger partial charge in [-0.2, -0.15) is 18.3 Å². The highest BCUT2D eigenvalue weighted by molar-refractivity contribution is 5.37. The summed E-state index contributed by atoms with van der Waals surface area (Å²) in [5, 5.41) is 4.17. The molecular formula is C13H14F3N3. The number of benzene rings is 1. The van der Waals surface area contributed by atoms with Crippen LogP contribution in [0.3, 0.4) is 0 Å². The van der Waals surface area contributed by atoms with Crippen LogP contribution in [0.2, 0.25) is 0 Å². The molecule has 2 N–H and O–H groups in total. The summed E-state index contributed by atoms with van der Waals surface area (Å²) in [6.07, 6.45) is -2.59. The summed E-state index contributed by atoms with van der Waals surface area (Å²) in [6.45, 7) is 1.62. The maximum absolute atomic E-state index is 12.6. The fraction of sp³-hybridized carbons (Fsp3) is 0.308. The van der Waals surface area contributed by atoms with Gasteiger partial charge in [-0.25, -0.2) is 0 Å². The molecule has 6 heteroatoms. The first-order valence-corrected chi connectivity index (χ1v) is 5.72. The van der Waals surface area contributed by atoms with Crippen molar-refractivity contribution in [2.24, 2.45) is 12.8 Å². The largest absolute Gasteiger partial charge is 0.416 e. The SMILES string of the molecule is Cc1cc(C(F)(F)F)ccc1C(N)c1ccn(C)n1. The average Bonchev–Trinajstić information content (AvgIpc) is 2.73. The van der Waals surface area contributed by atoms with Gasteiger partial charge in [-0.15, -0.1) is 0 Å². The van der Waals surface area contributed by atoms with Gasteiger partial charge in [-0.1, -0.05) is 6.07 Å². The number of nitrogens with two attached hydrogens (primary N) is 1. The molecular weight excluding hydrogens is 255 g/mol. The van der Waals surface area contributed by atoms with Crippen molar-refractivity contribution in [3.63, 3.8) is 0 Å². The van der Waals surface area contributed by atoms with Crippen molar-refractivity contribution in [3.05, 3.63) is 52.8 Å². The Bertz CT molecular complexity index is 587. The Hall–Kier alpha value is -1.82. The van der Waals surface area contributed by atoms with E-state index >= 15 is 0 Å². The molecule has 0 aliphatic heterocycles. The second-order valence-electron chi connectivity index (χ2n) is 4.46. The molecule has 2 rings (SSSR count). The summed E-state index contributed by atoms with van der Waals surface area (Å²) in [6, 6.07) is 4.80. The third-order valence-corrected chi connectivity index (χ3v) is 2.99. The number of nitrogens with zero attached hydrogens (tertiary/aromatic N) is 2. The molecule has 19 heavy (non-hydrogen) atoms. The third kappa shape index (κ3) is 2.78. The lowest BCUT2D eigenvalue weighted by molar-refractivity contribution is -0.137. The van der Waals surface area contributed by atoms with E-state index in [1.807, 2.05) is 0 Å². The Kier molecular flexibility index (Phi) is 3.36. The van der Waals surface area contributed by atoms with Crippen LogP contribution in [0.1, 0.15) is 28.4 Å². The monoisotopic (exact) mass is 269 g/mol. The fourth-order valence-electron chi connectivity index (χ4n) is 1.96. The molecule has 0 fully saturated rings. The van der Waals surface area contributed by atoms with E-state index in [1.54, 1.807) is 30.9 Å². The van der Waals surface area contributed by atoms with E-state index in [9.17, 15) is 13.2 Å². The third-order valence-electron chi connectivity index (χ3n) is 2.99. The van der Waals surface area contributed by atoms with Crippen LogP contribution in [0.4, 0.5) is 13.2 Å². The molecule has 102 valence electrons. The number of aryl methyl sites for hydroxylation is 2. The number of hydrogen-bond donors (Lipinski definition) is 1. The summed E-state index contributed by atoms with van der Waals surface area (Å²) in [5.41, 5.74) is 7.15. The molecule has 0 bridgehead atoms. The maximum Gasteiger partial charge on any atom is 0.416 e. The van der Waals surface area contributed by atoms with Crippen molar-refractivity contribution in [2.45, 2.75) is 19.1 Å². The Balaban J connectivity index is 2.36. The van der Waals surface area contributed by atoms with Crippen LogP contribution in [0.25, 0.3) is 0 Å². The van der Waals surface area contributed by atoms with E-state index in [0.717, 1.165) is 12.1 Å². The summed E-state index contributed by atoms with van der Waals surface area (Å²) < 4.78 is 39.3. The Morgan fingerprint density at radius 1 is 1.26 bits per heavy atom. The van der Waals surface area contributed by atoms with Crippen molar-refractivity contribution in [1.29, 1.82) is 0 Å². The average molecular weight is 269 g/mol. The van der Waals surface area contributed by atoms with Gasteiger partial charge in [-0.3, -0.25) is 4.68 Å².